The van der Waals surface area contributed by atoms with Crippen LogP contribution < -0.4 is 0 Å². The van der Waals surface area contributed by atoms with Crippen LogP contribution >= 0.6 is 8.60 Å². The first-order chi connectivity index (χ1) is 12.3. The van der Waals surface area contributed by atoms with Crippen LogP contribution in [-0.2, 0) is 4.52 Å². The highest BCUT2D eigenvalue weighted by atomic mass is 31.2. The van der Waals surface area contributed by atoms with E-state index < -0.39 is 8.60 Å². The first-order valence-electron chi connectivity index (χ1n) is 11.1. The van der Waals surface area contributed by atoms with E-state index in [0.29, 0.717) is 6.61 Å². The molecule has 0 rings (SSSR count). The molecule has 152 valence electrons. The van der Waals surface area contributed by atoms with Gasteiger partial charge in [-0.15, -0.1) is 0 Å². The van der Waals surface area contributed by atoms with Gasteiger partial charge >= 0.3 is 8.60 Å². The van der Waals surface area contributed by atoms with Crippen molar-refractivity contribution in [3.8, 4) is 0 Å². The summed E-state index contributed by atoms with van der Waals surface area (Å²) in [6, 6.07) is 0. The summed E-state index contributed by atoms with van der Waals surface area (Å²) < 4.78 is 4.75. The van der Waals surface area contributed by atoms with E-state index in [1.165, 1.54) is 109 Å². The predicted octanol–water partition coefficient (Wildman–Crippen LogP) is 7.65. The van der Waals surface area contributed by atoms with Crippen LogP contribution in [0, 0.1) is 0 Å². The number of hydrogen-bond donors (Lipinski definition) is 2. The van der Waals surface area contributed by atoms with E-state index in [4.69, 9.17) is 14.3 Å². The lowest BCUT2D eigenvalue weighted by Gasteiger charge is -2.04. The molecule has 0 fully saturated rings. The summed E-state index contributed by atoms with van der Waals surface area (Å²) in [5.41, 5.74) is 0. The summed E-state index contributed by atoms with van der Waals surface area (Å²) in [6.45, 7) is 2.77. The van der Waals surface area contributed by atoms with Crippen molar-refractivity contribution in [2.75, 3.05) is 6.61 Å². The van der Waals surface area contributed by atoms with Gasteiger partial charge < -0.3 is 14.3 Å². The smallest absolute Gasteiger partial charge is 0.327 e. The monoisotopic (exact) mass is 376 g/mol. The summed E-state index contributed by atoms with van der Waals surface area (Å²) in [4.78, 5) is 17.2. The van der Waals surface area contributed by atoms with E-state index in [0.717, 1.165) is 12.8 Å². The van der Waals surface area contributed by atoms with Crippen LogP contribution in [-0.4, -0.2) is 16.4 Å². The van der Waals surface area contributed by atoms with Crippen LogP contribution in [0.25, 0.3) is 0 Å². The highest BCUT2D eigenvalue weighted by molar-refractivity contribution is 7.39. The van der Waals surface area contributed by atoms with Crippen LogP contribution in [0.15, 0.2) is 0 Å². The first kappa shape index (κ1) is 25.3. The highest BCUT2D eigenvalue weighted by Gasteiger charge is 1.98. The molecule has 0 heterocycles. The van der Waals surface area contributed by atoms with Gasteiger partial charge in [0.2, 0.25) is 0 Å². The molecule has 0 aromatic heterocycles. The standard InChI is InChI=1S/C21H45O3P/c1-2-3-4-5-6-7-8-9-10-11-12-13-14-15-16-17-18-19-20-21-24-25(22)23/h22-23H,2-21H2,1H3. The molecule has 0 saturated carbocycles. The maximum atomic E-state index is 8.60. The fourth-order valence-corrected chi connectivity index (χ4v) is 3.62. The van der Waals surface area contributed by atoms with E-state index in [1.54, 1.807) is 0 Å². The average molecular weight is 377 g/mol. The predicted molar refractivity (Wildman–Crippen MR) is 111 cm³/mol. The molecule has 0 spiro atoms. The number of rotatable bonds is 21. The summed E-state index contributed by atoms with van der Waals surface area (Å²) in [5, 5.41) is 0. The average Bonchev–Trinajstić information content (AvgIpc) is 2.60. The molecule has 0 unspecified atom stereocenters. The molecule has 0 saturated heterocycles. The maximum absolute atomic E-state index is 8.60. The number of hydrogen-bond acceptors (Lipinski definition) is 3. The Labute approximate surface area is 158 Å². The van der Waals surface area contributed by atoms with E-state index in [2.05, 4.69) is 6.92 Å². The molecule has 4 heteroatoms. The molecule has 25 heavy (non-hydrogen) atoms. The molecule has 0 bridgehead atoms. The zero-order valence-electron chi connectivity index (χ0n) is 16.9. The van der Waals surface area contributed by atoms with Gasteiger partial charge in [0, 0.05) is 0 Å². The summed E-state index contributed by atoms with van der Waals surface area (Å²) >= 11 is 0. The summed E-state index contributed by atoms with van der Waals surface area (Å²) in [6.07, 6.45) is 26.0. The van der Waals surface area contributed by atoms with Crippen molar-refractivity contribution in [3.05, 3.63) is 0 Å². The SMILES string of the molecule is CCCCCCCCCCCCCCCCCCCCCOP(O)O. The molecule has 0 radical (unpaired) electrons. The molecule has 3 nitrogen and oxygen atoms in total. The van der Waals surface area contributed by atoms with Crippen LogP contribution in [0.5, 0.6) is 0 Å². The van der Waals surface area contributed by atoms with Crippen molar-refractivity contribution < 1.29 is 14.3 Å². The third-order valence-electron chi connectivity index (χ3n) is 4.95. The van der Waals surface area contributed by atoms with Crippen molar-refractivity contribution in [2.45, 2.75) is 129 Å². The van der Waals surface area contributed by atoms with Gasteiger partial charge in [0.05, 0.1) is 6.61 Å². The third kappa shape index (κ3) is 24.3. The molecular formula is C21H45O3P. The Bertz CT molecular complexity index is 237. The molecule has 0 amide bonds. The Kier molecular flexibility index (Phi) is 22.6. The molecule has 0 aliphatic heterocycles. The van der Waals surface area contributed by atoms with Crippen molar-refractivity contribution in [3.63, 3.8) is 0 Å². The Hall–Kier alpha value is 0.310. The van der Waals surface area contributed by atoms with E-state index in [-0.39, 0.29) is 0 Å². The summed E-state index contributed by atoms with van der Waals surface area (Å²) in [5.74, 6) is 0. The van der Waals surface area contributed by atoms with Crippen LogP contribution in [0.3, 0.4) is 0 Å². The van der Waals surface area contributed by atoms with Crippen molar-refractivity contribution >= 4 is 8.60 Å². The minimum atomic E-state index is -2.15. The highest BCUT2D eigenvalue weighted by Crippen LogP contribution is 2.24. The van der Waals surface area contributed by atoms with Gasteiger partial charge in [0.15, 0.2) is 0 Å². The molecule has 2 N–H and O–H groups in total. The van der Waals surface area contributed by atoms with E-state index in [1.807, 2.05) is 0 Å². The fraction of sp³-hybridized carbons (Fsp3) is 1.00. The molecule has 0 aromatic carbocycles. The fourth-order valence-electron chi connectivity index (χ4n) is 3.33. The third-order valence-corrected chi connectivity index (χ3v) is 5.37. The Morgan fingerprint density at radius 2 is 0.760 bits per heavy atom. The van der Waals surface area contributed by atoms with Gasteiger partial charge in [-0.1, -0.05) is 122 Å². The second-order valence-electron chi connectivity index (χ2n) is 7.45. The Balaban J connectivity index is 2.96. The second-order valence-corrected chi connectivity index (χ2v) is 8.21. The first-order valence-corrected chi connectivity index (χ1v) is 12.2. The minimum absolute atomic E-state index is 0.484. The van der Waals surface area contributed by atoms with Crippen LogP contribution in [0.2, 0.25) is 0 Å². The largest absolute Gasteiger partial charge is 0.328 e. The lowest BCUT2D eigenvalue weighted by Crippen LogP contribution is -1.89. The van der Waals surface area contributed by atoms with Gasteiger partial charge in [-0.05, 0) is 6.42 Å². The molecule has 0 aromatic rings. The van der Waals surface area contributed by atoms with Crippen LogP contribution in [0.4, 0.5) is 0 Å². The maximum Gasteiger partial charge on any atom is 0.327 e. The van der Waals surface area contributed by atoms with Gasteiger partial charge in [0.25, 0.3) is 0 Å². The van der Waals surface area contributed by atoms with Crippen molar-refractivity contribution in [1.29, 1.82) is 0 Å². The minimum Gasteiger partial charge on any atom is -0.328 e. The van der Waals surface area contributed by atoms with Gasteiger partial charge in [-0.25, -0.2) is 0 Å². The lowest BCUT2D eigenvalue weighted by molar-refractivity contribution is 0.248. The lowest BCUT2D eigenvalue weighted by atomic mass is 10.0. The molecular weight excluding hydrogens is 331 g/mol. The summed E-state index contributed by atoms with van der Waals surface area (Å²) in [7, 11) is -2.15. The molecule has 0 atom stereocenters. The van der Waals surface area contributed by atoms with Gasteiger partial charge in [-0.2, -0.15) is 0 Å². The van der Waals surface area contributed by atoms with Crippen LogP contribution in [0.1, 0.15) is 129 Å². The zero-order chi connectivity index (χ0) is 18.4. The topological polar surface area (TPSA) is 49.7 Å². The quantitative estimate of drug-likeness (QED) is 0.160. The van der Waals surface area contributed by atoms with E-state index >= 15 is 0 Å². The van der Waals surface area contributed by atoms with Crippen molar-refractivity contribution in [1.82, 2.24) is 0 Å². The van der Waals surface area contributed by atoms with E-state index in [9.17, 15) is 0 Å². The molecule has 0 aliphatic rings. The van der Waals surface area contributed by atoms with Gasteiger partial charge in [0.1, 0.15) is 0 Å². The number of unbranched alkanes of at least 4 members (excludes halogenated alkanes) is 18. The zero-order valence-corrected chi connectivity index (χ0v) is 17.8. The Morgan fingerprint density at radius 3 is 1.04 bits per heavy atom. The molecule has 0 aliphatic carbocycles. The Morgan fingerprint density at radius 1 is 0.480 bits per heavy atom. The van der Waals surface area contributed by atoms with Gasteiger partial charge in [-0.3, -0.25) is 0 Å². The second kappa shape index (κ2) is 22.4. The van der Waals surface area contributed by atoms with Crippen molar-refractivity contribution in [2.24, 2.45) is 0 Å². The normalized spacial score (nSPS) is 11.5.